The number of hydrogen-bond acceptors (Lipinski definition) is 3. The second-order valence-corrected chi connectivity index (χ2v) is 5.12. The van der Waals surface area contributed by atoms with E-state index in [1.165, 1.54) is 18.9 Å². The van der Waals surface area contributed by atoms with Crippen LogP contribution in [0.2, 0.25) is 0 Å². The SMILES string of the molecule is C=CC(=O)NC(Cc1nccn1C)C1CC1.O=C(O)C(F)(F)F. The first kappa shape index (κ1) is 18.7. The van der Waals surface area contributed by atoms with Gasteiger partial charge < -0.3 is 15.0 Å². The van der Waals surface area contributed by atoms with E-state index in [2.05, 4.69) is 16.9 Å². The quantitative estimate of drug-likeness (QED) is 0.803. The Kier molecular flexibility index (Phi) is 6.35. The van der Waals surface area contributed by atoms with Gasteiger partial charge in [0.1, 0.15) is 5.82 Å². The number of alkyl halides is 3. The third kappa shape index (κ3) is 6.54. The monoisotopic (exact) mass is 333 g/mol. The summed E-state index contributed by atoms with van der Waals surface area (Å²) in [4.78, 5) is 24.5. The third-order valence-electron chi connectivity index (χ3n) is 3.27. The van der Waals surface area contributed by atoms with Crippen molar-refractivity contribution in [2.75, 3.05) is 0 Å². The van der Waals surface area contributed by atoms with Crippen LogP contribution in [0.5, 0.6) is 0 Å². The van der Waals surface area contributed by atoms with E-state index in [0.29, 0.717) is 5.92 Å². The molecule has 1 amide bonds. The molecule has 1 aromatic heterocycles. The van der Waals surface area contributed by atoms with Gasteiger partial charge in [-0.15, -0.1) is 0 Å². The Hall–Kier alpha value is -2.32. The lowest BCUT2D eigenvalue weighted by atomic mass is 10.1. The maximum atomic E-state index is 11.3. The summed E-state index contributed by atoms with van der Waals surface area (Å²) < 4.78 is 33.7. The predicted octanol–water partition coefficient (Wildman–Crippen LogP) is 1.68. The summed E-state index contributed by atoms with van der Waals surface area (Å²) >= 11 is 0. The Labute approximate surface area is 131 Å². The number of carboxylic acid groups (broad SMARTS) is 1. The van der Waals surface area contributed by atoms with Gasteiger partial charge in [-0.1, -0.05) is 6.58 Å². The van der Waals surface area contributed by atoms with Gasteiger partial charge in [-0.3, -0.25) is 4.79 Å². The molecule has 1 fully saturated rings. The molecule has 1 atom stereocenters. The number of carboxylic acids is 1. The molecule has 128 valence electrons. The molecule has 2 N–H and O–H groups in total. The number of hydrogen-bond donors (Lipinski definition) is 2. The molecule has 23 heavy (non-hydrogen) atoms. The first-order valence-electron chi connectivity index (χ1n) is 6.84. The minimum Gasteiger partial charge on any atom is -0.475 e. The van der Waals surface area contributed by atoms with E-state index in [0.717, 1.165) is 12.2 Å². The summed E-state index contributed by atoms with van der Waals surface area (Å²) in [7, 11) is 1.97. The summed E-state index contributed by atoms with van der Waals surface area (Å²) in [5.41, 5.74) is 0. The van der Waals surface area contributed by atoms with Crippen LogP contribution in [-0.2, 0) is 23.1 Å². The number of carbonyl (C=O) groups is 2. The lowest BCUT2D eigenvalue weighted by Gasteiger charge is -2.16. The smallest absolute Gasteiger partial charge is 0.475 e. The zero-order valence-corrected chi connectivity index (χ0v) is 12.5. The summed E-state index contributed by atoms with van der Waals surface area (Å²) in [5.74, 6) is -1.22. The molecular formula is C14H18F3N3O3. The normalized spacial score (nSPS) is 15.1. The first-order valence-corrected chi connectivity index (χ1v) is 6.84. The van der Waals surface area contributed by atoms with Crippen molar-refractivity contribution in [3.63, 3.8) is 0 Å². The van der Waals surface area contributed by atoms with Crippen molar-refractivity contribution < 1.29 is 27.9 Å². The molecule has 1 aliphatic rings. The van der Waals surface area contributed by atoms with Gasteiger partial charge in [0.25, 0.3) is 0 Å². The lowest BCUT2D eigenvalue weighted by molar-refractivity contribution is -0.192. The zero-order valence-electron chi connectivity index (χ0n) is 12.5. The number of imidazole rings is 1. The van der Waals surface area contributed by atoms with E-state index in [9.17, 15) is 18.0 Å². The Morgan fingerprint density at radius 1 is 1.57 bits per heavy atom. The highest BCUT2D eigenvalue weighted by molar-refractivity contribution is 5.87. The molecular weight excluding hydrogens is 315 g/mol. The number of halogens is 3. The Morgan fingerprint density at radius 2 is 2.13 bits per heavy atom. The topological polar surface area (TPSA) is 84.2 Å². The van der Waals surface area contributed by atoms with Crippen molar-refractivity contribution in [2.45, 2.75) is 31.5 Å². The van der Waals surface area contributed by atoms with E-state index < -0.39 is 12.1 Å². The molecule has 0 saturated heterocycles. The molecule has 6 nitrogen and oxygen atoms in total. The summed E-state index contributed by atoms with van der Waals surface area (Å²) in [6, 6.07) is 0.201. The van der Waals surface area contributed by atoms with Crippen LogP contribution in [0.15, 0.2) is 25.0 Å². The van der Waals surface area contributed by atoms with Gasteiger partial charge in [0.15, 0.2) is 0 Å². The van der Waals surface area contributed by atoms with Crippen molar-refractivity contribution in [2.24, 2.45) is 13.0 Å². The van der Waals surface area contributed by atoms with Crippen LogP contribution < -0.4 is 5.32 Å². The summed E-state index contributed by atoms with van der Waals surface area (Å²) in [5, 5.41) is 10.1. The van der Waals surface area contributed by atoms with Crippen molar-refractivity contribution in [3.8, 4) is 0 Å². The standard InChI is InChI=1S/C12H17N3O.C2HF3O2/c1-3-12(16)14-10(9-4-5-9)8-11-13-6-7-15(11)2;3-2(4,5)1(6)7/h3,6-7,9-10H,1,4-5,8H2,2H3,(H,14,16);(H,6,7). The molecule has 1 unspecified atom stereocenters. The predicted molar refractivity (Wildman–Crippen MR) is 75.5 cm³/mol. The first-order chi connectivity index (χ1) is 10.6. The van der Waals surface area contributed by atoms with E-state index >= 15 is 0 Å². The summed E-state index contributed by atoms with van der Waals surface area (Å²) in [6.07, 6.45) is 3.16. The molecule has 0 aliphatic heterocycles. The van der Waals surface area contributed by atoms with Gasteiger partial charge in [-0.25, -0.2) is 9.78 Å². The van der Waals surface area contributed by atoms with Gasteiger partial charge >= 0.3 is 12.1 Å². The second-order valence-electron chi connectivity index (χ2n) is 5.12. The average molecular weight is 333 g/mol. The number of nitrogens with zero attached hydrogens (tertiary/aromatic N) is 2. The van der Waals surface area contributed by atoms with Gasteiger partial charge in [0.05, 0.1) is 0 Å². The van der Waals surface area contributed by atoms with E-state index in [1.54, 1.807) is 6.20 Å². The molecule has 1 heterocycles. The highest BCUT2D eigenvalue weighted by Gasteiger charge is 2.38. The van der Waals surface area contributed by atoms with Crippen LogP contribution in [0.25, 0.3) is 0 Å². The molecule has 2 rings (SSSR count). The zero-order chi connectivity index (χ0) is 17.6. The molecule has 9 heteroatoms. The van der Waals surface area contributed by atoms with Crippen LogP contribution in [0.4, 0.5) is 13.2 Å². The highest BCUT2D eigenvalue weighted by atomic mass is 19.4. The number of aromatic nitrogens is 2. The summed E-state index contributed by atoms with van der Waals surface area (Å²) in [6.45, 7) is 3.48. The maximum Gasteiger partial charge on any atom is 0.490 e. The largest absolute Gasteiger partial charge is 0.490 e. The number of amides is 1. The minimum atomic E-state index is -5.08. The van der Waals surface area contributed by atoms with Crippen molar-refractivity contribution in [1.29, 1.82) is 0 Å². The van der Waals surface area contributed by atoms with E-state index in [4.69, 9.17) is 9.90 Å². The number of carbonyl (C=O) groups excluding carboxylic acids is 1. The van der Waals surface area contributed by atoms with Gasteiger partial charge in [-0.05, 0) is 24.8 Å². The molecule has 1 aliphatic carbocycles. The number of rotatable bonds is 5. The van der Waals surface area contributed by atoms with Crippen molar-refractivity contribution in [3.05, 3.63) is 30.9 Å². The Morgan fingerprint density at radius 3 is 2.48 bits per heavy atom. The molecule has 1 aromatic rings. The molecule has 0 spiro atoms. The van der Waals surface area contributed by atoms with Gasteiger partial charge in [-0.2, -0.15) is 13.2 Å². The molecule has 0 bridgehead atoms. The van der Waals surface area contributed by atoms with Gasteiger partial charge in [0, 0.05) is 31.9 Å². The van der Waals surface area contributed by atoms with E-state index in [1.807, 2.05) is 17.8 Å². The second kappa shape index (κ2) is 7.80. The fourth-order valence-corrected chi connectivity index (χ4v) is 1.87. The van der Waals surface area contributed by atoms with Crippen LogP contribution in [0.3, 0.4) is 0 Å². The van der Waals surface area contributed by atoms with Gasteiger partial charge in [0.2, 0.25) is 5.91 Å². The van der Waals surface area contributed by atoms with Crippen LogP contribution >= 0.6 is 0 Å². The van der Waals surface area contributed by atoms with Crippen LogP contribution in [0.1, 0.15) is 18.7 Å². The number of aliphatic carboxylic acids is 1. The van der Waals surface area contributed by atoms with Crippen molar-refractivity contribution in [1.82, 2.24) is 14.9 Å². The lowest BCUT2D eigenvalue weighted by Crippen LogP contribution is -2.37. The van der Waals surface area contributed by atoms with E-state index in [-0.39, 0.29) is 11.9 Å². The average Bonchev–Trinajstić information content (AvgIpc) is 3.22. The third-order valence-corrected chi connectivity index (χ3v) is 3.27. The number of aryl methyl sites for hydroxylation is 1. The maximum absolute atomic E-state index is 11.3. The molecule has 1 saturated carbocycles. The fraction of sp³-hybridized carbons (Fsp3) is 0.500. The number of nitrogens with one attached hydrogen (secondary N) is 1. The highest BCUT2D eigenvalue weighted by Crippen LogP contribution is 2.33. The molecule has 0 aromatic carbocycles. The van der Waals surface area contributed by atoms with Crippen LogP contribution in [0, 0.1) is 5.92 Å². The minimum absolute atomic E-state index is 0.0916. The Bertz CT molecular complexity index is 565. The molecule has 0 radical (unpaired) electrons. The Balaban J connectivity index is 0.000000322. The van der Waals surface area contributed by atoms with Crippen LogP contribution in [-0.4, -0.2) is 38.8 Å². The fourth-order valence-electron chi connectivity index (χ4n) is 1.87. The van der Waals surface area contributed by atoms with Crippen molar-refractivity contribution >= 4 is 11.9 Å².